The summed E-state index contributed by atoms with van der Waals surface area (Å²) in [6.07, 6.45) is 3.63. The van der Waals surface area contributed by atoms with Crippen LogP contribution in [0, 0.1) is 0 Å². The Balaban J connectivity index is 0.00000108. The van der Waals surface area contributed by atoms with E-state index in [1.54, 1.807) is 36.5 Å². The SMILES string of the molecule is CN(c1ncc(-c2ccc(-c3ccc(O)cc3)cc2O)nn1)C1CC(C)(C)NC(C)(C)C1.O=CO. The lowest BCUT2D eigenvalue weighted by Crippen LogP contribution is -2.62. The Morgan fingerprint density at radius 1 is 0.971 bits per heavy atom. The van der Waals surface area contributed by atoms with E-state index in [9.17, 15) is 10.2 Å². The largest absolute Gasteiger partial charge is 0.508 e. The Morgan fingerprint density at radius 3 is 2.06 bits per heavy atom. The number of anilines is 1. The van der Waals surface area contributed by atoms with E-state index in [4.69, 9.17) is 9.90 Å². The highest BCUT2D eigenvalue weighted by Crippen LogP contribution is 2.34. The molecule has 186 valence electrons. The second-order valence-corrected chi connectivity index (χ2v) is 10.1. The summed E-state index contributed by atoms with van der Waals surface area (Å²) < 4.78 is 0. The van der Waals surface area contributed by atoms with Gasteiger partial charge in [0.25, 0.3) is 6.47 Å². The number of hydrogen-bond acceptors (Lipinski definition) is 8. The molecule has 0 atom stereocenters. The molecular weight excluding hydrogens is 446 g/mol. The molecule has 1 fully saturated rings. The van der Waals surface area contributed by atoms with Crippen molar-refractivity contribution in [1.82, 2.24) is 20.5 Å². The summed E-state index contributed by atoms with van der Waals surface area (Å²) in [5, 5.41) is 39.4. The van der Waals surface area contributed by atoms with E-state index in [0.717, 1.165) is 24.0 Å². The highest BCUT2D eigenvalue weighted by atomic mass is 16.3. The molecule has 1 aliphatic rings. The first-order chi connectivity index (χ1) is 16.4. The van der Waals surface area contributed by atoms with Gasteiger partial charge in [-0.25, -0.2) is 4.98 Å². The molecular formula is C26H33N5O4. The molecule has 3 aromatic rings. The summed E-state index contributed by atoms with van der Waals surface area (Å²) in [7, 11) is 2.02. The summed E-state index contributed by atoms with van der Waals surface area (Å²) in [5.74, 6) is 0.889. The zero-order valence-corrected chi connectivity index (χ0v) is 20.7. The van der Waals surface area contributed by atoms with Crippen molar-refractivity contribution < 1.29 is 20.1 Å². The van der Waals surface area contributed by atoms with Gasteiger partial charge >= 0.3 is 0 Å². The van der Waals surface area contributed by atoms with Gasteiger partial charge in [0.05, 0.1) is 6.20 Å². The molecule has 0 spiro atoms. The van der Waals surface area contributed by atoms with Crippen LogP contribution in [-0.4, -0.2) is 61.1 Å². The molecule has 4 rings (SSSR count). The summed E-state index contributed by atoms with van der Waals surface area (Å²) >= 11 is 0. The van der Waals surface area contributed by atoms with Gasteiger partial charge in [-0.05, 0) is 75.9 Å². The van der Waals surface area contributed by atoms with Crippen LogP contribution in [0.2, 0.25) is 0 Å². The van der Waals surface area contributed by atoms with Crippen molar-refractivity contribution in [3.63, 3.8) is 0 Å². The molecule has 9 nitrogen and oxygen atoms in total. The van der Waals surface area contributed by atoms with Crippen molar-refractivity contribution in [2.45, 2.75) is 57.7 Å². The topological polar surface area (TPSA) is 132 Å². The van der Waals surface area contributed by atoms with Crippen LogP contribution in [0.5, 0.6) is 11.5 Å². The maximum atomic E-state index is 10.6. The monoisotopic (exact) mass is 479 g/mol. The van der Waals surface area contributed by atoms with Gasteiger partial charge in [0.2, 0.25) is 5.95 Å². The third kappa shape index (κ3) is 6.45. The molecule has 0 saturated carbocycles. The van der Waals surface area contributed by atoms with Gasteiger partial charge in [0, 0.05) is 29.7 Å². The van der Waals surface area contributed by atoms with Gasteiger partial charge in [0.15, 0.2) is 0 Å². The third-order valence-electron chi connectivity index (χ3n) is 6.06. The van der Waals surface area contributed by atoms with Crippen LogP contribution in [0.15, 0.2) is 48.7 Å². The minimum Gasteiger partial charge on any atom is -0.508 e. The molecule has 9 heteroatoms. The Morgan fingerprint density at radius 2 is 1.54 bits per heavy atom. The number of carbonyl (C=O) groups is 1. The first-order valence-electron chi connectivity index (χ1n) is 11.4. The first-order valence-corrected chi connectivity index (χ1v) is 11.4. The lowest BCUT2D eigenvalue weighted by molar-refractivity contribution is -0.122. The van der Waals surface area contributed by atoms with Gasteiger partial charge in [-0.2, -0.15) is 0 Å². The quantitative estimate of drug-likeness (QED) is 0.409. The molecule has 2 aromatic carbocycles. The van der Waals surface area contributed by atoms with Crippen LogP contribution in [0.4, 0.5) is 5.95 Å². The molecule has 0 amide bonds. The molecule has 2 heterocycles. The summed E-state index contributed by atoms with van der Waals surface area (Å²) in [6, 6.07) is 12.5. The number of benzene rings is 2. The number of phenolic OH excluding ortho intramolecular Hbond substituents is 2. The van der Waals surface area contributed by atoms with Crippen molar-refractivity contribution in [2.75, 3.05) is 11.9 Å². The smallest absolute Gasteiger partial charge is 0.290 e. The molecule has 1 saturated heterocycles. The maximum Gasteiger partial charge on any atom is 0.290 e. The molecule has 0 aliphatic carbocycles. The fourth-order valence-corrected chi connectivity index (χ4v) is 4.84. The molecule has 0 bridgehead atoms. The highest BCUT2D eigenvalue weighted by molar-refractivity contribution is 5.74. The summed E-state index contributed by atoms with van der Waals surface area (Å²) in [6.45, 7) is 8.65. The molecule has 35 heavy (non-hydrogen) atoms. The highest BCUT2D eigenvalue weighted by Gasteiger charge is 2.39. The zero-order valence-electron chi connectivity index (χ0n) is 20.7. The summed E-state index contributed by atoms with van der Waals surface area (Å²) in [4.78, 5) is 15.0. The molecule has 4 N–H and O–H groups in total. The van der Waals surface area contributed by atoms with Crippen molar-refractivity contribution in [2.24, 2.45) is 0 Å². The van der Waals surface area contributed by atoms with Gasteiger partial charge < -0.3 is 25.5 Å². The number of aromatic hydroxyl groups is 2. The van der Waals surface area contributed by atoms with Gasteiger partial charge in [-0.3, -0.25) is 4.79 Å². The fraction of sp³-hybridized carbons (Fsp3) is 0.385. The predicted octanol–water partition coefficient (Wildman–Crippen LogP) is 4.06. The van der Waals surface area contributed by atoms with Crippen LogP contribution in [0.3, 0.4) is 0 Å². The van der Waals surface area contributed by atoms with Crippen molar-refractivity contribution in [3.8, 4) is 33.9 Å². The van der Waals surface area contributed by atoms with Crippen molar-refractivity contribution in [1.29, 1.82) is 0 Å². The Hall–Kier alpha value is -3.72. The van der Waals surface area contributed by atoms with Crippen LogP contribution >= 0.6 is 0 Å². The number of phenols is 2. The third-order valence-corrected chi connectivity index (χ3v) is 6.06. The number of hydrogen-bond donors (Lipinski definition) is 4. The second-order valence-electron chi connectivity index (χ2n) is 10.1. The van der Waals surface area contributed by atoms with E-state index >= 15 is 0 Å². The van der Waals surface area contributed by atoms with E-state index in [1.807, 2.05) is 19.2 Å². The summed E-state index contributed by atoms with van der Waals surface area (Å²) in [5.41, 5.74) is 2.89. The number of piperidine rings is 1. The van der Waals surface area contributed by atoms with Crippen LogP contribution in [0.1, 0.15) is 40.5 Å². The number of aromatic nitrogens is 3. The minimum absolute atomic E-state index is 0.0269. The van der Waals surface area contributed by atoms with Crippen LogP contribution in [0.25, 0.3) is 22.4 Å². The van der Waals surface area contributed by atoms with Gasteiger partial charge in [-0.15, -0.1) is 10.2 Å². The van der Waals surface area contributed by atoms with E-state index in [2.05, 4.69) is 53.1 Å². The predicted molar refractivity (Wildman–Crippen MR) is 135 cm³/mol. The minimum atomic E-state index is -0.250. The van der Waals surface area contributed by atoms with Gasteiger partial charge in [-0.1, -0.05) is 18.2 Å². The molecule has 1 aromatic heterocycles. The average Bonchev–Trinajstić information content (AvgIpc) is 2.78. The number of nitrogens with zero attached hydrogens (tertiary/aromatic N) is 4. The number of nitrogens with one attached hydrogen (secondary N) is 1. The van der Waals surface area contributed by atoms with E-state index in [1.165, 1.54) is 0 Å². The maximum absolute atomic E-state index is 10.6. The molecule has 0 unspecified atom stereocenters. The van der Waals surface area contributed by atoms with Crippen LogP contribution < -0.4 is 10.2 Å². The Kier molecular flexibility index (Phi) is 7.60. The molecule has 1 aliphatic heterocycles. The van der Waals surface area contributed by atoms with E-state index in [0.29, 0.717) is 23.2 Å². The standard InChI is InChI=1S/C25H31N5O2.CH2O2/c1-24(2)13-18(14-25(3,4)29-24)30(5)23-26-15-21(27-28-23)20-11-8-17(12-22(20)32)16-6-9-19(31)10-7-16;2-1-3/h6-12,15,18,29,31-32H,13-14H2,1-5H3;1H,(H,2,3). The van der Waals surface area contributed by atoms with E-state index < -0.39 is 0 Å². The fourth-order valence-electron chi connectivity index (χ4n) is 4.84. The van der Waals surface area contributed by atoms with Crippen molar-refractivity contribution in [3.05, 3.63) is 48.7 Å². The normalized spacial score (nSPS) is 16.6. The second kappa shape index (κ2) is 10.3. The average molecular weight is 480 g/mol. The Bertz CT molecular complexity index is 1130. The number of carboxylic acid groups (broad SMARTS) is 1. The molecule has 0 radical (unpaired) electrons. The first kappa shape index (κ1) is 25.9. The van der Waals surface area contributed by atoms with E-state index in [-0.39, 0.29) is 29.0 Å². The van der Waals surface area contributed by atoms with Crippen LogP contribution in [-0.2, 0) is 4.79 Å². The van der Waals surface area contributed by atoms with Gasteiger partial charge in [0.1, 0.15) is 17.2 Å². The lowest BCUT2D eigenvalue weighted by atomic mass is 9.79. The van der Waals surface area contributed by atoms with Crippen molar-refractivity contribution >= 4 is 12.4 Å². The zero-order chi connectivity index (χ0) is 25.8. The lowest BCUT2D eigenvalue weighted by Gasteiger charge is -2.48. The Labute approximate surface area is 205 Å². The number of rotatable bonds is 4.